The van der Waals surface area contributed by atoms with Gasteiger partial charge in [0.15, 0.2) is 15.3 Å². The van der Waals surface area contributed by atoms with Crippen LogP contribution in [0.5, 0.6) is 0 Å². The molecule has 0 saturated heterocycles. The predicted octanol–water partition coefficient (Wildman–Crippen LogP) is 6.67. The average molecular weight is 651 g/mol. The highest BCUT2D eigenvalue weighted by atomic mass is 32.2. The first-order valence-corrected chi connectivity index (χ1v) is 15.9. The second kappa shape index (κ2) is 10.7. The number of thioether (sulfide) groups is 1. The number of hydrogen-bond donors (Lipinski definition) is 0. The van der Waals surface area contributed by atoms with Crippen molar-refractivity contribution in [1.29, 1.82) is 0 Å². The molecule has 0 aliphatic carbocycles. The number of carbonyl (C=O) groups is 2. The summed E-state index contributed by atoms with van der Waals surface area (Å²) in [5.41, 5.74) is -0.448. The SMILES string of the molecule is O=C1c2oc3ccc(F)cc3c(=O)c2C2(C(=O)N(Cc3ccc(F)cc3)c3ccccc32)N1c1nnc(SCc2ccccc2)s1. The number of nitrogens with zero attached hydrogens (tertiary/aromatic N) is 4. The van der Waals surface area contributed by atoms with Gasteiger partial charge in [-0.05, 0) is 47.5 Å². The summed E-state index contributed by atoms with van der Waals surface area (Å²) in [6.07, 6.45) is 0. The lowest BCUT2D eigenvalue weighted by Gasteiger charge is -2.32. The maximum atomic E-state index is 15.0. The molecule has 1 atom stereocenters. The van der Waals surface area contributed by atoms with Crippen LogP contribution in [0, 0.1) is 11.6 Å². The zero-order chi connectivity index (χ0) is 31.6. The van der Waals surface area contributed by atoms with Gasteiger partial charge in [0.1, 0.15) is 17.2 Å². The molecule has 2 aliphatic rings. The molecule has 2 aliphatic heterocycles. The Kier molecular flexibility index (Phi) is 6.59. The number of benzene rings is 4. The number of fused-ring (bicyclic) bond motifs is 5. The van der Waals surface area contributed by atoms with E-state index in [1.807, 2.05) is 30.3 Å². The molecule has 4 aromatic carbocycles. The Labute approximate surface area is 267 Å². The summed E-state index contributed by atoms with van der Waals surface area (Å²) >= 11 is 2.53. The van der Waals surface area contributed by atoms with Crippen LogP contribution in [0.25, 0.3) is 11.0 Å². The molecule has 0 N–H and O–H groups in total. The molecule has 226 valence electrons. The van der Waals surface area contributed by atoms with Gasteiger partial charge in [-0.15, -0.1) is 10.2 Å². The number of aromatic nitrogens is 2. The van der Waals surface area contributed by atoms with Crippen molar-refractivity contribution in [1.82, 2.24) is 10.2 Å². The van der Waals surface area contributed by atoms with Gasteiger partial charge in [0.05, 0.1) is 23.2 Å². The molecular weight excluding hydrogens is 631 g/mol. The van der Waals surface area contributed by atoms with Crippen LogP contribution >= 0.6 is 23.1 Å². The van der Waals surface area contributed by atoms with E-state index < -0.39 is 34.4 Å². The van der Waals surface area contributed by atoms with E-state index in [4.69, 9.17) is 4.42 Å². The third-order valence-corrected chi connectivity index (χ3v) is 10.2. The summed E-state index contributed by atoms with van der Waals surface area (Å²) in [6.45, 7) is 0.0249. The lowest BCUT2D eigenvalue weighted by atomic mass is 9.84. The summed E-state index contributed by atoms with van der Waals surface area (Å²) in [5.74, 6) is -2.19. The second-order valence-corrected chi connectivity index (χ2v) is 13.0. The topological polar surface area (TPSA) is 96.6 Å². The van der Waals surface area contributed by atoms with Crippen molar-refractivity contribution >= 4 is 56.7 Å². The van der Waals surface area contributed by atoms with Gasteiger partial charge in [-0.25, -0.2) is 8.78 Å². The molecule has 0 saturated carbocycles. The highest BCUT2D eigenvalue weighted by molar-refractivity contribution is 8.00. The molecule has 8 rings (SSSR count). The van der Waals surface area contributed by atoms with Crippen molar-refractivity contribution in [3.8, 4) is 0 Å². The van der Waals surface area contributed by atoms with E-state index in [2.05, 4.69) is 10.2 Å². The maximum Gasteiger partial charge on any atom is 0.297 e. The minimum atomic E-state index is -2.02. The minimum absolute atomic E-state index is 0.00812. The number of rotatable bonds is 6. The van der Waals surface area contributed by atoms with Crippen molar-refractivity contribution in [3.63, 3.8) is 0 Å². The van der Waals surface area contributed by atoms with Gasteiger partial charge in [-0.1, -0.05) is 83.8 Å². The Bertz CT molecular complexity index is 2260. The number of hydrogen-bond acceptors (Lipinski definition) is 8. The van der Waals surface area contributed by atoms with E-state index in [9.17, 15) is 23.2 Å². The zero-order valence-corrected chi connectivity index (χ0v) is 25.3. The predicted molar refractivity (Wildman–Crippen MR) is 170 cm³/mol. The van der Waals surface area contributed by atoms with Crippen LogP contribution < -0.4 is 15.2 Å². The van der Waals surface area contributed by atoms with Crippen LogP contribution in [0.2, 0.25) is 0 Å². The van der Waals surface area contributed by atoms with Gasteiger partial charge >= 0.3 is 0 Å². The summed E-state index contributed by atoms with van der Waals surface area (Å²) < 4.78 is 34.7. The molecular formula is C34H20F2N4O4S2. The van der Waals surface area contributed by atoms with Crippen LogP contribution in [-0.2, 0) is 22.6 Å². The van der Waals surface area contributed by atoms with E-state index in [0.29, 0.717) is 26.9 Å². The van der Waals surface area contributed by atoms with E-state index in [1.165, 1.54) is 39.8 Å². The van der Waals surface area contributed by atoms with E-state index in [0.717, 1.165) is 29.0 Å². The van der Waals surface area contributed by atoms with Gasteiger partial charge in [-0.2, -0.15) is 0 Å². The van der Waals surface area contributed by atoms with Crippen LogP contribution in [0.4, 0.5) is 19.6 Å². The van der Waals surface area contributed by atoms with Crippen molar-refractivity contribution in [2.75, 3.05) is 9.80 Å². The first kappa shape index (κ1) is 28.3. The van der Waals surface area contributed by atoms with Gasteiger partial charge < -0.3 is 9.32 Å². The molecule has 2 aromatic heterocycles. The fourth-order valence-electron chi connectivity index (χ4n) is 6.14. The lowest BCUT2D eigenvalue weighted by molar-refractivity contribution is -0.121. The molecule has 8 nitrogen and oxygen atoms in total. The molecule has 0 radical (unpaired) electrons. The molecule has 46 heavy (non-hydrogen) atoms. The number of anilines is 2. The third-order valence-electron chi connectivity index (χ3n) is 8.13. The molecule has 6 aromatic rings. The lowest BCUT2D eigenvalue weighted by Crippen LogP contribution is -2.53. The molecule has 2 amide bonds. The van der Waals surface area contributed by atoms with E-state index in [-0.39, 0.29) is 34.0 Å². The summed E-state index contributed by atoms with van der Waals surface area (Å²) in [6, 6.07) is 25.8. The van der Waals surface area contributed by atoms with Gasteiger partial charge in [0, 0.05) is 11.3 Å². The minimum Gasteiger partial charge on any atom is -0.450 e. The van der Waals surface area contributed by atoms with Crippen LogP contribution in [0.15, 0.2) is 111 Å². The Balaban J connectivity index is 1.33. The van der Waals surface area contributed by atoms with Crippen molar-refractivity contribution in [2.24, 2.45) is 0 Å². The van der Waals surface area contributed by atoms with Crippen LogP contribution in [0.3, 0.4) is 0 Å². The van der Waals surface area contributed by atoms with Gasteiger partial charge in [-0.3, -0.25) is 19.3 Å². The highest BCUT2D eigenvalue weighted by Crippen LogP contribution is 2.55. The zero-order valence-electron chi connectivity index (χ0n) is 23.6. The Hall–Kier alpha value is -5.20. The van der Waals surface area contributed by atoms with Crippen LogP contribution in [0.1, 0.15) is 32.8 Å². The molecule has 1 unspecified atom stereocenters. The standard InChI is InChI=1S/C34H20F2N4O4S2/c35-21-12-10-19(11-13-21)17-39-25-9-5-4-8-24(25)34(31(39)43)27-28(41)23-16-22(36)14-15-26(23)44-29(27)30(42)40(34)32-37-38-33(46-32)45-18-20-6-2-1-3-7-20/h1-16H,17-18H2. The van der Waals surface area contributed by atoms with E-state index >= 15 is 0 Å². The van der Waals surface area contributed by atoms with Crippen molar-refractivity contribution in [3.05, 3.63) is 147 Å². The Morgan fingerprint density at radius 2 is 1.57 bits per heavy atom. The average Bonchev–Trinajstić information content (AvgIpc) is 3.71. The number of halogens is 2. The second-order valence-electron chi connectivity index (χ2n) is 10.8. The molecule has 1 spiro atoms. The first-order chi connectivity index (χ1) is 22.4. The molecule has 4 heterocycles. The fraction of sp³-hybridized carbons (Fsp3) is 0.0882. The summed E-state index contributed by atoms with van der Waals surface area (Å²) in [5, 5.41) is 8.64. The summed E-state index contributed by atoms with van der Waals surface area (Å²) in [7, 11) is 0. The summed E-state index contributed by atoms with van der Waals surface area (Å²) in [4.78, 5) is 46.4. The third kappa shape index (κ3) is 4.21. The smallest absolute Gasteiger partial charge is 0.297 e. The van der Waals surface area contributed by atoms with Crippen molar-refractivity contribution < 1.29 is 22.8 Å². The number of para-hydroxylation sites is 1. The van der Waals surface area contributed by atoms with Crippen LogP contribution in [-0.4, -0.2) is 22.0 Å². The van der Waals surface area contributed by atoms with Gasteiger partial charge in [0.25, 0.3) is 11.8 Å². The number of amides is 2. The number of carbonyl (C=O) groups excluding carboxylic acids is 2. The normalized spacial score (nSPS) is 16.9. The highest BCUT2D eigenvalue weighted by Gasteiger charge is 2.66. The molecule has 0 fully saturated rings. The fourth-order valence-corrected chi connectivity index (χ4v) is 7.98. The molecule has 12 heteroatoms. The molecule has 0 bridgehead atoms. The maximum absolute atomic E-state index is 15.0. The van der Waals surface area contributed by atoms with Gasteiger partial charge in [0.2, 0.25) is 10.9 Å². The monoisotopic (exact) mass is 650 g/mol. The Morgan fingerprint density at radius 1 is 0.826 bits per heavy atom. The van der Waals surface area contributed by atoms with Crippen molar-refractivity contribution in [2.45, 2.75) is 22.2 Å². The first-order valence-electron chi connectivity index (χ1n) is 14.1. The quantitative estimate of drug-likeness (QED) is 0.147. The van der Waals surface area contributed by atoms with E-state index in [1.54, 1.807) is 36.4 Å². The Morgan fingerprint density at radius 3 is 2.37 bits per heavy atom. The largest absolute Gasteiger partial charge is 0.450 e.